The number of nitrogens with zero attached hydrogens (tertiary/aromatic N) is 1. The van der Waals surface area contributed by atoms with E-state index in [0.717, 1.165) is 10.0 Å². The van der Waals surface area contributed by atoms with Gasteiger partial charge >= 0.3 is 0 Å². The van der Waals surface area contributed by atoms with Gasteiger partial charge < -0.3 is 5.32 Å². The molecule has 20 heavy (non-hydrogen) atoms. The Labute approximate surface area is 130 Å². The van der Waals surface area contributed by atoms with Crippen LogP contribution in [0.4, 0.5) is 10.1 Å². The van der Waals surface area contributed by atoms with E-state index in [1.807, 2.05) is 13.0 Å². The van der Waals surface area contributed by atoms with Gasteiger partial charge in [-0.25, -0.2) is 4.39 Å². The highest BCUT2D eigenvalue weighted by atomic mass is 79.9. The molecule has 1 unspecified atom stereocenters. The van der Waals surface area contributed by atoms with Crippen molar-refractivity contribution in [1.82, 2.24) is 0 Å². The number of nitriles is 1. The van der Waals surface area contributed by atoms with Crippen LogP contribution in [0.2, 0.25) is 5.02 Å². The van der Waals surface area contributed by atoms with E-state index >= 15 is 0 Å². The number of benzene rings is 2. The summed E-state index contributed by atoms with van der Waals surface area (Å²) in [7, 11) is 0. The van der Waals surface area contributed by atoms with E-state index < -0.39 is 0 Å². The van der Waals surface area contributed by atoms with Gasteiger partial charge in [0.15, 0.2) is 0 Å². The Hall–Kier alpha value is -1.57. The Morgan fingerprint density at radius 2 is 2.05 bits per heavy atom. The first-order chi connectivity index (χ1) is 9.51. The molecular weight excluding hydrogens is 343 g/mol. The van der Waals surface area contributed by atoms with Crippen molar-refractivity contribution in [3.8, 4) is 6.07 Å². The fourth-order valence-electron chi connectivity index (χ4n) is 1.90. The highest BCUT2D eigenvalue weighted by Gasteiger charge is 2.12. The van der Waals surface area contributed by atoms with Crippen molar-refractivity contribution in [3.05, 3.63) is 62.8 Å². The zero-order chi connectivity index (χ0) is 14.7. The van der Waals surface area contributed by atoms with Crippen molar-refractivity contribution in [2.45, 2.75) is 13.0 Å². The van der Waals surface area contributed by atoms with Crippen molar-refractivity contribution in [3.63, 3.8) is 0 Å². The molecule has 0 fully saturated rings. The molecule has 0 amide bonds. The van der Waals surface area contributed by atoms with Gasteiger partial charge in [0.25, 0.3) is 0 Å². The van der Waals surface area contributed by atoms with Crippen LogP contribution < -0.4 is 5.32 Å². The number of rotatable bonds is 3. The lowest BCUT2D eigenvalue weighted by Gasteiger charge is -2.18. The topological polar surface area (TPSA) is 35.8 Å². The quantitative estimate of drug-likeness (QED) is 0.814. The summed E-state index contributed by atoms with van der Waals surface area (Å²) >= 11 is 9.41. The van der Waals surface area contributed by atoms with Crippen LogP contribution >= 0.6 is 27.5 Å². The zero-order valence-corrected chi connectivity index (χ0v) is 13.0. The molecule has 2 aromatic rings. The molecule has 0 spiro atoms. The molecule has 1 atom stereocenters. The van der Waals surface area contributed by atoms with Crippen molar-refractivity contribution < 1.29 is 4.39 Å². The first-order valence-electron chi connectivity index (χ1n) is 5.92. The van der Waals surface area contributed by atoms with Crippen molar-refractivity contribution >= 4 is 33.2 Å². The molecule has 0 aliphatic carbocycles. The van der Waals surface area contributed by atoms with Crippen LogP contribution in [0.25, 0.3) is 0 Å². The molecule has 102 valence electrons. The molecule has 0 bridgehead atoms. The zero-order valence-electron chi connectivity index (χ0n) is 10.6. The van der Waals surface area contributed by atoms with Crippen molar-refractivity contribution in [1.29, 1.82) is 5.26 Å². The maximum Gasteiger partial charge on any atom is 0.124 e. The summed E-state index contributed by atoms with van der Waals surface area (Å²) in [5, 5.41) is 12.7. The molecule has 1 N–H and O–H groups in total. The van der Waals surface area contributed by atoms with Crippen LogP contribution in [-0.4, -0.2) is 0 Å². The third-order valence-electron chi connectivity index (χ3n) is 2.90. The van der Waals surface area contributed by atoms with E-state index in [2.05, 4.69) is 27.3 Å². The van der Waals surface area contributed by atoms with E-state index in [1.165, 1.54) is 12.1 Å². The molecule has 2 rings (SSSR count). The molecule has 2 nitrogen and oxygen atoms in total. The van der Waals surface area contributed by atoms with Gasteiger partial charge in [-0.3, -0.25) is 0 Å². The second-order valence-corrected chi connectivity index (χ2v) is 5.66. The van der Waals surface area contributed by atoms with Gasteiger partial charge in [0.05, 0.1) is 17.3 Å². The summed E-state index contributed by atoms with van der Waals surface area (Å²) in [4.78, 5) is 0. The minimum absolute atomic E-state index is 0.149. The van der Waals surface area contributed by atoms with Crippen LogP contribution in [0, 0.1) is 17.1 Å². The summed E-state index contributed by atoms with van der Waals surface area (Å²) in [6.45, 7) is 1.90. The second kappa shape index (κ2) is 6.25. The number of halogens is 3. The highest BCUT2D eigenvalue weighted by Crippen LogP contribution is 2.29. The molecule has 0 radical (unpaired) electrons. The molecule has 0 aromatic heterocycles. The maximum absolute atomic E-state index is 13.1. The monoisotopic (exact) mass is 352 g/mol. The highest BCUT2D eigenvalue weighted by molar-refractivity contribution is 9.10. The molecule has 5 heteroatoms. The Bertz CT molecular complexity index is 682. The number of anilines is 1. The molecule has 0 heterocycles. The standard InChI is InChI=1S/C15H11BrClFN2/c1-9(13-5-4-12(18)7-14(13)17)20-15-6-11(16)3-2-10(15)8-19/h2-7,9,20H,1H3. The van der Waals surface area contributed by atoms with E-state index in [4.69, 9.17) is 16.9 Å². The van der Waals surface area contributed by atoms with E-state index in [0.29, 0.717) is 16.3 Å². The van der Waals surface area contributed by atoms with Gasteiger partial charge in [0, 0.05) is 9.50 Å². The molecule has 2 aromatic carbocycles. The lowest BCUT2D eigenvalue weighted by atomic mass is 10.1. The fraction of sp³-hybridized carbons (Fsp3) is 0.133. The first-order valence-corrected chi connectivity index (χ1v) is 7.09. The van der Waals surface area contributed by atoms with E-state index in [9.17, 15) is 4.39 Å². The molecule has 0 saturated carbocycles. The van der Waals surface area contributed by atoms with Crippen LogP contribution in [0.15, 0.2) is 40.9 Å². The predicted molar refractivity (Wildman–Crippen MR) is 82.3 cm³/mol. The summed E-state index contributed by atoms with van der Waals surface area (Å²) in [5.41, 5.74) is 2.02. The number of hydrogen-bond donors (Lipinski definition) is 1. The Morgan fingerprint density at radius 3 is 2.70 bits per heavy atom. The molecule has 0 saturated heterocycles. The van der Waals surface area contributed by atoms with Gasteiger partial charge in [0.2, 0.25) is 0 Å². The van der Waals surface area contributed by atoms with Crippen LogP contribution in [-0.2, 0) is 0 Å². The van der Waals surface area contributed by atoms with Gasteiger partial charge in [-0.1, -0.05) is 33.6 Å². The summed E-state index contributed by atoms with van der Waals surface area (Å²) in [6.07, 6.45) is 0. The van der Waals surface area contributed by atoms with Crippen LogP contribution in [0.1, 0.15) is 24.1 Å². The van der Waals surface area contributed by atoms with Gasteiger partial charge in [-0.05, 0) is 42.8 Å². The minimum atomic E-state index is -0.369. The van der Waals surface area contributed by atoms with Crippen LogP contribution in [0.3, 0.4) is 0 Å². The largest absolute Gasteiger partial charge is 0.377 e. The lowest BCUT2D eigenvalue weighted by Crippen LogP contribution is -2.08. The average Bonchev–Trinajstić information content (AvgIpc) is 2.38. The fourth-order valence-corrected chi connectivity index (χ4v) is 2.59. The van der Waals surface area contributed by atoms with Gasteiger partial charge in [0.1, 0.15) is 11.9 Å². The smallest absolute Gasteiger partial charge is 0.124 e. The SMILES string of the molecule is CC(Nc1cc(Br)ccc1C#N)c1ccc(F)cc1Cl. The third kappa shape index (κ3) is 3.30. The van der Waals surface area contributed by atoms with E-state index in [-0.39, 0.29) is 11.9 Å². The molecule has 0 aliphatic heterocycles. The Kier molecular flexibility index (Phi) is 4.64. The predicted octanol–water partition coefficient (Wildman–Crippen LogP) is 5.29. The first kappa shape index (κ1) is 14.8. The van der Waals surface area contributed by atoms with Crippen LogP contribution in [0.5, 0.6) is 0 Å². The molecular formula is C15H11BrClFN2. The summed E-state index contributed by atoms with van der Waals surface area (Å²) in [5.74, 6) is -0.369. The second-order valence-electron chi connectivity index (χ2n) is 4.33. The Morgan fingerprint density at radius 1 is 1.30 bits per heavy atom. The number of nitrogens with one attached hydrogen (secondary N) is 1. The minimum Gasteiger partial charge on any atom is -0.377 e. The maximum atomic E-state index is 13.1. The number of hydrogen-bond acceptors (Lipinski definition) is 2. The Balaban J connectivity index is 2.30. The summed E-state index contributed by atoms with van der Waals surface area (Å²) in [6, 6.07) is 11.6. The lowest BCUT2D eigenvalue weighted by molar-refractivity contribution is 0.626. The van der Waals surface area contributed by atoms with E-state index in [1.54, 1.807) is 18.2 Å². The van der Waals surface area contributed by atoms with Gasteiger partial charge in [-0.2, -0.15) is 5.26 Å². The normalized spacial score (nSPS) is 11.8. The third-order valence-corrected chi connectivity index (χ3v) is 3.72. The van der Waals surface area contributed by atoms with Crippen molar-refractivity contribution in [2.24, 2.45) is 0 Å². The van der Waals surface area contributed by atoms with Gasteiger partial charge in [-0.15, -0.1) is 0 Å². The molecule has 0 aliphatic rings. The van der Waals surface area contributed by atoms with Crippen molar-refractivity contribution in [2.75, 3.05) is 5.32 Å². The average molecular weight is 354 g/mol. The summed E-state index contributed by atoms with van der Waals surface area (Å²) < 4.78 is 13.9.